The summed E-state index contributed by atoms with van der Waals surface area (Å²) in [5.41, 5.74) is 6.22. The zero-order valence-corrected chi connectivity index (χ0v) is 18.9. The van der Waals surface area contributed by atoms with Gasteiger partial charge in [-0.1, -0.05) is 32.4 Å². The molecule has 1 aliphatic carbocycles. The van der Waals surface area contributed by atoms with Gasteiger partial charge in [0.1, 0.15) is 0 Å². The molecule has 1 aliphatic rings. The molecule has 4 aromatic carbocycles. The Labute approximate surface area is 186 Å². The second-order valence-electron chi connectivity index (χ2n) is 7.38. The van der Waals surface area contributed by atoms with Crippen LogP contribution in [0.2, 0.25) is 0 Å². The number of fused-ring (bicyclic) bond motifs is 6. The SMILES string of the molecule is CC1(C)c2cc3ccccc3[c-]2CCc2cc3ccccc3[c-]21.[Cl-].[Cl-].[Zr+4]. The van der Waals surface area contributed by atoms with Crippen molar-refractivity contribution >= 4 is 21.5 Å². The van der Waals surface area contributed by atoms with E-state index in [1.165, 1.54) is 32.7 Å². The molecule has 3 heteroatoms. The molecule has 0 heterocycles. The van der Waals surface area contributed by atoms with Crippen molar-refractivity contribution in [2.75, 3.05) is 0 Å². The summed E-state index contributed by atoms with van der Waals surface area (Å²) in [6.45, 7) is 4.81. The summed E-state index contributed by atoms with van der Waals surface area (Å²) in [6.07, 6.45) is 2.30. The smallest absolute Gasteiger partial charge is 1.00 e. The second-order valence-corrected chi connectivity index (χ2v) is 7.38. The van der Waals surface area contributed by atoms with E-state index < -0.39 is 0 Å². The van der Waals surface area contributed by atoms with E-state index in [1.807, 2.05) is 0 Å². The van der Waals surface area contributed by atoms with Gasteiger partial charge in [0.15, 0.2) is 0 Å². The van der Waals surface area contributed by atoms with Crippen LogP contribution >= 0.6 is 0 Å². The third-order valence-corrected chi connectivity index (χ3v) is 5.73. The van der Waals surface area contributed by atoms with Gasteiger partial charge >= 0.3 is 26.2 Å². The molecule has 0 aliphatic heterocycles. The quantitative estimate of drug-likeness (QED) is 0.322. The maximum atomic E-state index is 2.43. The normalized spacial score (nSPS) is 14.4. The first kappa shape index (κ1) is 21.4. The Kier molecular flexibility index (Phi) is 6.28. The average molecular weight is 459 g/mol. The van der Waals surface area contributed by atoms with E-state index in [-0.39, 0.29) is 56.4 Å². The first-order chi connectivity index (χ1) is 11.2. The third-order valence-electron chi connectivity index (χ3n) is 5.73. The zero-order chi connectivity index (χ0) is 15.6. The van der Waals surface area contributed by atoms with Crippen LogP contribution in [0.1, 0.15) is 36.1 Å². The topological polar surface area (TPSA) is 0 Å². The van der Waals surface area contributed by atoms with Crippen molar-refractivity contribution < 1.29 is 51.0 Å². The molecular formula is C23H20Cl2Zr. The van der Waals surface area contributed by atoms with Crippen LogP contribution in [0.4, 0.5) is 0 Å². The van der Waals surface area contributed by atoms with E-state index >= 15 is 0 Å². The fraction of sp³-hybridized carbons (Fsp3) is 0.217. The molecule has 0 fully saturated rings. The van der Waals surface area contributed by atoms with E-state index in [0.717, 1.165) is 12.8 Å². The summed E-state index contributed by atoms with van der Waals surface area (Å²) in [4.78, 5) is 0. The number of hydrogen-bond donors (Lipinski definition) is 0. The van der Waals surface area contributed by atoms with Crippen LogP contribution < -0.4 is 24.8 Å². The van der Waals surface area contributed by atoms with Crippen molar-refractivity contribution in [2.24, 2.45) is 0 Å². The molecule has 130 valence electrons. The number of halogens is 2. The van der Waals surface area contributed by atoms with E-state index in [1.54, 1.807) is 11.1 Å². The molecule has 0 unspecified atom stereocenters. The summed E-state index contributed by atoms with van der Waals surface area (Å²) >= 11 is 0. The number of aryl methyl sites for hydroxylation is 2. The van der Waals surface area contributed by atoms with Crippen molar-refractivity contribution in [2.45, 2.75) is 32.1 Å². The molecule has 0 N–H and O–H groups in total. The molecule has 5 rings (SSSR count). The van der Waals surface area contributed by atoms with Crippen molar-refractivity contribution in [1.82, 2.24) is 0 Å². The Morgan fingerprint density at radius 3 is 2.08 bits per heavy atom. The predicted molar refractivity (Wildman–Crippen MR) is 98.6 cm³/mol. The number of rotatable bonds is 0. The molecule has 0 nitrogen and oxygen atoms in total. The number of hydrogen-bond acceptors (Lipinski definition) is 0. The van der Waals surface area contributed by atoms with Gasteiger partial charge in [0.2, 0.25) is 0 Å². The van der Waals surface area contributed by atoms with Crippen LogP contribution in [-0.2, 0) is 44.5 Å². The average Bonchev–Trinajstić information content (AvgIpc) is 3.09. The predicted octanol–water partition coefficient (Wildman–Crippen LogP) is -0.139. The summed E-state index contributed by atoms with van der Waals surface area (Å²) in [5.74, 6) is 0. The second kappa shape index (κ2) is 7.63. The standard InChI is InChI=1S/C23H20.2ClH.Zr/c1-23(2)21-14-16-8-3-5-9-18(16)20(21)12-11-17-13-15-7-4-6-10-19(15)22(17)23;;;/h3-10,13-14H,11-12H2,1-2H3;2*1H;/q-2;;;+4/p-2. The molecule has 0 atom stereocenters. The molecule has 0 bridgehead atoms. The van der Waals surface area contributed by atoms with Gasteiger partial charge in [-0.05, 0) is 11.8 Å². The molecule has 0 spiro atoms. The molecule has 0 radical (unpaired) electrons. The Bertz CT molecular complexity index is 1050. The van der Waals surface area contributed by atoms with Gasteiger partial charge in [0.25, 0.3) is 0 Å². The minimum atomic E-state index is 0. The van der Waals surface area contributed by atoms with Gasteiger partial charge in [0.05, 0.1) is 0 Å². The molecule has 0 aromatic heterocycles. The minimum Gasteiger partial charge on any atom is -1.00 e. The van der Waals surface area contributed by atoms with Crippen LogP contribution in [-0.4, -0.2) is 0 Å². The Hall–Kier alpha value is -0.877. The first-order valence-corrected chi connectivity index (χ1v) is 8.52. The molecule has 0 saturated heterocycles. The van der Waals surface area contributed by atoms with Gasteiger partial charge in [-0.2, -0.15) is 12.1 Å². The van der Waals surface area contributed by atoms with Gasteiger partial charge in [-0.25, -0.2) is 0 Å². The van der Waals surface area contributed by atoms with Crippen molar-refractivity contribution in [1.29, 1.82) is 0 Å². The van der Waals surface area contributed by atoms with Crippen LogP contribution in [0.3, 0.4) is 0 Å². The Morgan fingerprint density at radius 1 is 0.808 bits per heavy atom. The van der Waals surface area contributed by atoms with Crippen LogP contribution in [0.25, 0.3) is 21.5 Å². The Morgan fingerprint density at radius 2 is 1.38 bits per heavy atom. The van der Waals surface area contributed by atoms with Gasteiger partial charge in [-0.15, -0.1) is 80.2 Å². The minimum absolute atomic E-state index is 0. The van der Waals surface area contributed by atoms with Crippen LogP contribution in [0.5, 0.6) is 0 Å². The van der Waals surface area contributed by atoms with E-state index in [4.69, 9.17) is 0 Å². The van der Waals surface area contributed by atoms with Crippen molar-refractivity contribution in [3.05, 3.63) is 82.9 Å². The zero-order valence-electron chi connectivity index (χ0n) is 14.9. The van der Waals surface area contributed by atoms with Crippen LogP contribution in [0.15, 0.2) is 60.7 Å². The summed E-state index contributed by atoms with van der Waals surface area (Å²) in [7, 11) is 0. The van der Waals surface area contributed by atoms with E-state index in [9.17, 15) is 0 Å². The summed E-state index contributed by atoms with van der Waals surface area (Å²) < 4.78 is 0. The first-order valence-electron chi connectivity index (χ1n) is 8.52. The molecular weight excluding hydrogens is 438 g/mol. The molecule has 0 amide bonds. The number of benzene rings is 2. The van der Waals surface area contributed by atoms with E-state index in [0.29, 0.717) is 0 Å². The van der Waals surface area contributed by atoms with Gasteiger partial charge in [-0.3, -0.25) is 0 Å². The van der Waals surface area contributed by atoms with Crippen molar-refractivity contribution in [3.8, 4) is 0 Å². The maximum absolute atomic E-state index is 2.43. The Balaban J connectivity index is 0.000000810. The molecule has 0 saturated carbocycles. The fourth-order valence-electron chi connectivity index (χ4n) is 4.73. The van der Waals surface area contributed by atoms with E-state index in [2.05, 4.69) is 74.5 Å². The summed E-state index contributed by atoms with van der Waals surface area (Å²) in [5, 5.41) is 5.67. The molecule has 26 heavy (non-hydrogen) atoms. The maximum Gasteiger partial charge on any atom is 4.00 e. The largest absolute Gasteiger partial charge is 4.00 e. The van der Waals surface area contributed by atoms with Gasteiger partial charge < -0.3 is 24.8 Å². The third kappa shape index (κ3) is 2.93. The van der Waals surface area contributed by atoms with Crippen molar-refractivity contribution in [3.63, 3.8) is 0 Å². The van der Waals surface area contributed by atoms with Gasteiger partial charge in [0, 0.05) is 0 Å². The molecule has 4 aromatic rings. The summed E-state index contributed by atoms with van der Waals surface area (Å²) in [6, 6.07) is 22.6. The monoisotopic (exact) mass is 456 g/mol. The fourth-order valence-corrected chi connectivity index (χ4v) is 4.73. The van der Waals surface area contributed by atoms with Crippen LogP contribution in [0, 0.1) is 0 Å².